The van der Waals surface area contributed by atoms with Crippen LogP contribution in [0.1, 0.15) is 44.1 Å². The summed E-state index contributed by atoms with van der Waals surface area (Å²) >= 11 is 0. The summed E-state index contributed by atoms with van der Waals surface area (Å²) in [4.78, 5) is 4.49. The van der Waals surface area contributed by atoms with E-state index in [4.69, 9.17) is 0 Å². The maximum Gasteiger partial charge on any atom is 0.155 e. The van der Waals surface area contributed by atoms with Crippen LogP contribution in [0, 0.1) is 0 Å². The van der Waals surface area contributed by atoms with E-state index in [2.05, 4.69) is 41.4 Å². The Bertz CT molecular complexity index is 552. The average molecular weight is 215 g/mol. The first-order valence-corrected chi connectivity index (χ1v) is 5.99. The monoisotopic (exact) mass is 215 g/mol. The van der Waals surface area contributed by atoms with Crippen LogP contribution in [0.25, 0.3) is 5.65 Å². The first-order chi connectivity index (χ1) is 7.62. The Morgan fingerprint density at radius 1 is 1.44 bits per heavy atom. The highest BCUT2D eigenvalue weighted by molar-refractivity contribution is 5.45. The van der Waals surface area contributed by atoms with Gasteiger partial charge in [-0.05, 0) is 24.8 Å². The van der Waals surface area contributed by atoms with E-state index in [1.54, 1.807) is 0 Å². The number of aromatic nitrogens is 3. The second-order valence-electron chi connectivity index (χ2n) is 5.28. The van der Waals surface area contributed by atoms with E-state index in [-0.39, 0.29) is 5.41 Å². The number of fused-ring (bicyclic) bond motifs is 3. The number of hydrogen-bond acceptors (Lipinski definition) is 2. The summed E-state index contributed by atoms with van der Waals surface area (Å²) in [5.41, 5.74) is 5.07. The summed E-state index contributed by atoms with van der Waals surface area (Å²) in [5.74, 6) is 0. The van der Waals surface area contributed by atoms with E-state index in [9.17, 15) is 0 Å². The zero-order valence-electron chi connectivity index (χ0n) is 10.1. The summed E-state index contributed by atoms with van der Waals surface area (Å²) < 4.78 is 2.06. The molecule has 1 aliphatic rings. The van der Waals surface area contributed by atoms with Crippen molar-refractivity contribution in [2.75, 3.05) is 0 Å². The largest absolute Gasteiger partial charge is 0.237 e. The molecule has 0 bridgehead atoms. The molecule has 0 fully saturated rings. The highest BCUT2D eigenvalue weighted by atomic mass is 15.3. The molecule has 0 aliphatic heterocycles. The first kappa shape index (κ1) is 9.82. The van der Waals surface area contributed by atoms with Gasteiger partial charge in [-0.2, -0.15) is 5.10 Å². The molecule has 1 aliphatic carbocycles. The molecule has 3 rings (SSSR count). The number of rotatable bonds is 1. The smallest absolute Gasteiger partial charge is 0.155 e. The summed E-state index contributed by atoms with van der Waals surface area (Å²) in [6.45, 7) is 6.73. The van der Waals surface area contributed by atoms with Crippen LogP contribution in [0.3, 0.4) is 0 Å². The van der Waals surface area contributed by atoms with Crippen molar-refractivity contribution in [1.82, 2.24) is 14.6 Å². The minimum Gasteiger partial charge on any atom is -0.237 e. The Kier molecular flexibility index (Phi) is 1.88. The molecule has 3 nitrogen and oxygen atoms in total. The van der Waals surface area contributed by atoms with Gasteiger partial charge in [-0.3, -0.25) is 0 Å². The van der Waals surface area contributed by atoms with Gasteiger partial charge in [0.1, 0.15) is 0 Å². The lowest BCUT2D eigenvalue weighted by atomic mass is 9.91. The van der Waals surface area contributed by atoms with Gasteiger partial charge in [0.25, 0.3) is 0 Å². The van der Waals surface area contributed by atoms with Gasteiger partial charge in [-0.1, -0.05) is 20.8 Å². The van der Waals surface area contributed by atoms with Crippen molar-refractivity contribution in [3.05, 3.63) is 29.2 Å². The van der Waals surface area contributed by atoms with E-state index < -0.39 is 0 Å². The van der Waals surface area contributed by atoms with Crippen LogP contribution >= 0.6 is 0 Å². The average Bonchev–Trinajstić information content (AvgIpc) is 2.78. The van der Waals surface area contributed by atoms with Crippen LogP contribution in [-0.4, -0.2) is 14.6 Å². The molecule has 0 aromatic carbocycles. The Hall–Kier alpha value is -1.38. The van der Waals surface area contributed by atoms with Gasteiger partial charge >= 0.3 is 0 Å². The predicted molar refractivity (Wildman–Crippen MR) is 63.7 cm³/mol. The fraction of sp³-hybridized carbons (Fsp3) is 0.538. The van der Waals surface area contributed by atoms with E-state index in [0.29, 0.717) is 0 Å². The standard InChI is InChI=1S/C13H17N3/c1-4-10-7-11-14-8-9-5-6-13(2,3)12(9)16(11)15-10/h7-8H,4-6H2,1-3H3. The molecule has 2 aromatic rings. The maximum absolute atomic E-state index is 4.65. The highest BCUT2D eigenvalue weighted by Gasteiger charge is 2.33. The molecular formula is C13H17N3. The summed E-state index contributed by atoms with van der Waals surface area (Å²) in [7, 11) is 0. The normalized spacial score (nSPS) is 17.9. The van der Waals surface area contributed by atoms with E-state index in [0.717, 1.165) is 24.2 Å². The number of hydrogen-bond donors (Lipinski definition) is 0. The SMILES string of the molecule is CCc1cc2ncc3c(n2n1)C(C)(C)CC3. The number of nitrogens with zero attached hydrogens (tertiary/aromatic N) is 3. The summed E-state index contributed by atoms with van der Waals surface area (Å²) in [6.07, 6.45) is 5.33. The molecule has 0 spiro atoms. The molecule has 16 heavy (non-hydrogen) atoms. The lowest BCUT2D eigenvalue weighted by molar-refractivity contribution is 0.496. The zero-order chi connectivity index (χ0) is 11.3. The van der Waals surface area contributed by atoms with E-state index >= 15 is 0 Å². The molecule has 0 saturated carbocycles. The third kappa shape index (κ3) is 1.20. The van der Waals surface area contributed by atoms with Crippen LogP contribution in [0.2, 0.25) is 0 Å². The fourth-order valence-electron chi connectivity index (χ4n) is 2.66. The van der Waals surface area contributed by atoms with Crippen LogP contribution in [0.15, 0.2) is 12.3 Å². The van der Waals surface area contributed by atoms with Crippen LogP contribution in [0.5, 0.6) is 0 Å². The van der Waals surface area contributed by atoms with Gasteiger partial charge in [0, 0.05) is 17.7 Å². The van der Waals surface area contributed by atoms with Crippen molar-refractivity contribution < 1.29 is 0 Å². The third-order valence-electron chi connectivity index (χ3n) is 3.63. The van der Waals surface area contributed by atoms with E-state index in [1.165, 1.54) is 17.7 Å². The van der Waals surface area contributed by atoms with E-state index in [1.807, 2.05) is 6.20 Å². The molecule has 0 atom stereocenters. The lowest BCUT2D eigenvalue weighted by Crippen LogP contribution is -2.17. The molecule has 0 unspecified atom stereocenters. The summed E-state index contributed by atoms with van der Waals surface area (Å²) in [5, 5.41) is 4.65. The third-order valence-corrected chi connectivity index (χ3v) is 3.63. The van der Waals surface area contributed by atoms with Crippen LogP contribution in [-0.2, 0) is 18.3 Å². The van der Waals surface area contributed by atoms with Gasteiger partial charge in [-0.25, -0.2) is 9.50 Å². The molecule has 2 aromatic heterocycles. The Balaban J connectivity index is 2.34. The van der Waals surface area contributed by atoms with Crippen molar-refractivity contribution in [1.29, 1.82) is 0 Å². The molecule has 3 heteroatoms. The molecule has 84 valence electrons. The Morgan fingerprint density at radius 2 is 2.25 bits per heavy atom. The molecule has 2 heterocycles. The lowest BCUT2D eigenvalue weighted by Gasteiger charge is -2.19. The van der Waals surface area contributed by atoms with Crippen molar-refractivity contribution in [3.63, 3.8) is 0 Å². The fourth-order valence-corrected chi connectivity index (χ4v) is 2.66. The zero-order valence-corrected chi connectivity index (χ0v) is 10.1. The molecule has 0 amide bonds. The van der Waals surface area contributed by atoms with Gasteiger partial charge < -0.3 is 0 Å². The topological polar surface area (TPSA) is 30.2 Å². The van der Waals surface area contributed by atoms with Crippen molar-refractivity contribution in [3.8, 4) is 0 Å². The minimum absolute atomic E-state index is 0.230. The van der Waals surface area contributed by atoms with Crippen LogP contribution < -0.4 is 0 Å². The Labute approximate surface area is 95.5 Å². The Morgan fingerprint density at radius 3 is 3.00 bits per heavy atom. The van der Waals surface area contributed by atoms with Gasteiger partial charge in [0.05, 0.1) is 11.4 Å². The summed E-state index contributed by atoms with van der Waals surface area (Å²) in [6, 6.07) is 2.09. The van der Waals surface area contributed by atoms with Crippen molar-refractivity contribution in [2.24, 2.45) is 0 Å². The highest BCUT2D eigenvalue weighted by Crippen LogP contribution is 2.37. The molecular weight excluding hydrogens is 198 g/mol. The molecule has 0 radical (unpaired) electrons. The quantitative estimate of drug-likeness (QED) is 0.731. The van der Waals surface area contributed by atoms with Crippen molar-refractivity contribution in [2.45, 2.75) is 45.4 Å². The van der Waals surface area contributed by atoms with Gasteiger partial charge in [0.2, 0.25) is 0 Å². The number of aryl methyl sites for hydroxylation is 2. The second-order valence-corrected chi connectivity index (χ2v) is 5.28. The molecule has 0 saturated heterocycles. The predicted octanol–water partition coefficient (Wildman–Crippen LogP) is 2.52. The van der Waals surface area contributed by atoms with Gasteiger partial charge in [0.15, 0.2) is 5.65 Å². The second kappa shape index (κ2) is 3.06. The molecule has 0 N–H and O–H groups in total. The van der Waals surface area contributed by atoms with Crippen LogP contribution in [0.4, 0.5) is 0 Å². The first-order valence-electron chi connectivity index (χ1n) is 5.99. The van der Waals surface area contributed by atoms with Crippen molar-refractivity contribution >= 4 is 5.65 Å². The van der Waals surface area contributed by atoms with Gasteiger partial charge in [-0.15, -0.1) is 0 Å². The minimum atomic E-state index is 0.230. The maximum atomic E-state index is 4.65.